The quantitative estimate of drug-likeness (QED) is 0.862. The Bertz CT molecular complexity index is 542. The molecule has 18 heavy (non-hydrogen) atoms. The Balaban J connectivity index is 2.28. The fourth-order valence-corrected chi connectivity index (χ4v) is 2.18. The van der Waals surface area contributed by atoms with Crippen molar-refractivity contribution in [2.45, 2.75) is 19.8 Å². The van der Waals surface area contributed by atoms with Crippen LogP contribution in [0.25, 0.3) is 0 Å². The Hall–Kier alpha value is -1.69. The Morgan fingerprint density at radius 1 is 1.44 bits per heavy atom. The van der Waals surface area contributed by atoms with Crippen LogP contribution in [0.4, 0.5) is 10.5 Å². The van der Waals surface area contributed by atoms with Crippen LogP contribution < -0.4 is 10.2 Å². The van der Waals surface area contributed by atoms with E-state index >= 15 is 0 Å². The van der Waals surface area contributed by atoms with Crippen molar-refractivity contribution in [1.82, 2.24) is 5.32 Å². The van der Waals surface area contributed by atoms with Gasteiger partial charge in [0.2, 0.25) is 11.8 Å². The molecule has 1 aliphatic rings. The zero-order valence-corrected chi connectivity index (χ0v) is 11.3. The van der Waals surface area contributed by atoms with E-state index in [1.165, 1.54) is 0 Å². The van der Waals surface area contributed by atoms with E-state index in [1.54, 1.807) is 25.1 Å². The van der Waals surface area contributed by atoms with Crippen molar-refractivity contribution in [2.75, 3.05) is 4.90 Å². The summed E-state index contributed by atoms with van der Waals surface area (Å²) in [6.07, 6.45) is 0.365. The highest BCUT2D eigenvalue weighted by Gasteiger charge is 2.32. The second-order valence-electron chi connectivity index (χ2n) is 3.89. The van der Waals surface area contributed by atoms with Gasteiger partial charge in [-0.1, -0.05) is 22.9 Å². The van der Waals surface area contributed by atoms with Crippen LogP contribution in [0.2, 0.25) is 0 Å². The number of rotatable bonds is 1. The Kier molecular flexibility index (Phi) is 3.47. The number of hydrogen-bond donors (Lipinski definition) is 1. The van der Waals surface area contributed by atoms with Crippen LogP contribution in [0.3, 0.4) is 0 Å². The molecule has 1 N–H and O–H groups in total. The lowest BCUT2D eigenvalue weighted by Crippen LogP contribution is -2.44. The maximum absolute atomic E-state index is 11.8. The van der Waals surface area contributed by atoms with Gasteiger partial charge in [-0.2, -0.15) is 0 Å². The minimum Gasteiger partial charge on any atom is -0.277 e. The van der Waals surface area contributed by atoms with Gasteiger partial charge in [-0.05, 0) is 23.8 Å². The Morgan fingerprint density at radius 2 is 2.17 bits per heavy atom. The highest BCUT2D eigenvalue weighted by molar-refractivity contribution is 9.10. The molecule has 94 valence electrons. The number of anilines is 1. The van der Waals surface area contributed by atoms with Gasteiger partial charge in [-0.15, -0.1) is 0 Å². The van der Waals surface area contributed by atoms with E-state index < -0.39 is 11.9 Å². The topological polar surface area (TPSA) is 66.5 Å². The second kappa shape index (κ2) is 4.89. The average molecular weight is 311 g/mol. The number of nitrogens with one attached hydrogen (secondary N) is 1. The van der Waals surface area contributed by atoms with Crippen LogP contribution in [0, 0.1) is 0 Å². The number of hydrogen-bond acceptors (Lipinski definition) is 3. The molecule has 0 bridgehead atoms. The highest BCUT2D eigenvalue weighted by atomic mass is 79.9. The average Bonchev–Trinajstić information content (AvgIpc) is 2.63. The van der Waals surface area contributed by atoms with E-state index in [0.717, 1.165) is 14.9 Å². The summed E-state index contributed by atoms with van der Waals surface area (Å²) in [5.41, 5.74) is 1.30. The molecular formula is C12H11BrN2O3. The minimum absolute atomic E-state index is 0.169. The largest absolute Gasteiger partial charge is 0.335 e. The number of nitrogens with zero attached hydrogens (tertiary/aromatic N) is 1. The lowest BCUT2D eigenvalue weighted by molar-refractivity contribution is -0.119. The van der Waals surface area contributed by atoms with E-state index in [-0.39, 0.29) is 18.7 Å². The number of urea groups is 1. The van der Waals surface area contributed by atoms with Crippen molar-refractivity contribution in [3.63, 3.8) is 0 Å². The van der Waals surface area contributed by atoms with Gasteiger partial charge < -0.3 is 0 Å². The molecule has 0 saturated carbocycles. The van der Waals surface area contributed by atoms with Gasteiger partial charge in [0.25, 0.3) is 0 Å². The molecule has 5 nitrogen and oxygen atoms in total. The van der Waals surface area contributed by atoms with E-state index in [9.17, 15) is 14.4 Å². The predicted molar refractivity (Wildman–Crippen MR) is 69.2 cm³/mol. The summed E-state index contributed by atoms with van der Waals surface area (Å²) in [6.45, 7) is 1.64. The summed E-state index contributed by atoms with van der Waals surface area (Å²) in [5, 5.41) is 2.17. The molecule has 6 heteroatoms. The molecule has 0 fully saturated rings. The molecule has 1 heterocycles. The molecule has 4 amide bonds. The summed E-state index contributed by atoms with van der Waals surface area (Å²) >= 11 is 3.31. The van der Waals surface area contributed by atoms with Gasteiger partial charge >= 0.3 is 6.03 Å². The van der Waals surface area contributed by atoms with Crippen molar-refractivity contribution in [3.05, 3.63) is 28.2 Å². The van der Waals surface area contributed by atoms with Gasteiger partial charge in [-0.3, -0.25) is 14.9 Å². The highest BCUT2D eigenvalue weighted by Crippen LogP contribution is 2.31. The Labute approximate surface area is 112 Å². The lowest BCUT2D eigenvalue weighted by Gasteiger charge is -2.15. The number of halogens is 1. The third kappa shape index (κ3) is 2.28. The monoisotopic (exact) mass is 310 g/mol. The van der Waals surface area contributed by atoms with Gasteiger partial charge in [0.05, 0.1) is 12.1 Å². The van der Waals surface area contributed by atoms with E-state index in [1.807, 2.05) is 0 Å². The predicted octanol–water partition coefficient (Wildman–Crippen LogP) is 1.98. The minimum atomic E-state index is -0.687. The first-order valence-electron chi connectivity index (χ1n) is 5.48. The SMILES string of the molecule is CCC(=O)NC(=O)N1C(=O)Cc2cc(Br)ccc21. The van der Waals surface area contributed by atoms with Crippen LogP contribution >= 0.6 is 15.9 Å². The van der Waals surface area contributed by atoms with Gasteiger partial charge in [0.1, 0.15) is 0 Å². The molecule has 0 aromatic heterocycles. The van der Waals surface area contributed by atoms with Crippen molar-refractivity contribution >= 4 is 39.5 Å². The summed E-state index contributed by atoms with van der Waals surface area (Å²) in [5.74, 6) is -0.733. The van der Waals surface area contributed by atoms with Crippen molar-refractivity contribution in [2.24, 2.45) is 0 Å². The summed E-state index contributed by atoms with van der Waals surface area (Å²) in [4.78, 5) is 35.8. The maximum Gasteiger partial charge on any atom is 0.335 e. The number of fused-ring (bicyclic) bond motifs is 1. The van der Waals surface area contributed by atoms with Crippen molar-refractivity contribution in [3.8, 4) is 0 Å². The van der Waals surface area contributed by atoms with Crippen LogP contribution in [-0.2, 0) is 16.0 Å². The zero-order chi connectivity index (χ0) is 13.3. The first-order chi connectivity index (χ1) is 8.52. The first kappa shape index (κ1) is 12.8. The molecule has 1 aromatic rings. The Morgan fingerprint density at radius 3 is 2.83 bits per heavy atom. The summed E-state index contributed by atoms with van der Waals surface area (Å²) in [6, 6.07) is 4.54. The number of carbonyl (C=O) groups is 3. The molecule has 0 aliphatic carbocycles. The van der Waals surface area contributed by atoms with Crippen LogP contribution in [-0.4, -0.2) is 17.8 Å². The molecule has 1 aliphatic heterocycles. The van der Waals surface area contributed by atoms with Crippen LogP contribution in [0.15, 0.2) is 22.7 Å². The van der Waals surface area contributed by atoms with Crippen molar-refractivity contribution in [1.29, 1.82) is 0 Å². The summed E-state index contributed by atoms with van der Waals surface area (Å²) in [7, 11) is 0. The third-order valence-corrected chi connectivity index (χ3v) is 3.14. The van der Waals surface area contributed by atoms with Crippen LogP contribution in [0.5, 0.6) is 0 Å². The zero-order valence-electron chi connectivity index (χ0n) is 9.70. The standard InChI is InChI=1S/C12H11BrN2O3/c1-2-10(16)14-12(18)15-9-4-3-8(13)5-7(9)6-11(15)17/h3-5H,2,6H2,1H3,(H,14,16,18). The summed E-state index contributed by atoms with van der Waals surface area (Å²) < 4.78 is 0.848. The molecule has 1 aromatic carbocycles. The van der Waals surface area contributed by atoms with Gasteiger partial charge in [-0.25, -0.2) is 9.69 Å². The van der Waals surface area contributed by atoms with E-state index in [2.05, 4.69) is 21.2 Å². The molecular weight excluding hydrogens is 300 g/mol. The van der Waals surface area contributed by atoms with Gasteiger partial charge in [0, 0.05) is 10.9 Å². The van der Waals surface area contributed by atoms with E-state index in [4.69, 9.17) is 0 Å². The molecule has 0 unspecified atom stereocenters. The lowest BCUT2D eigenvalue weighted by atomic mass is 10.2. The van der Waals surface area contributed by atoms with E-state index in [0.29, 0.717) is 5.69 Å². The normalized spacial score (nSPS) is 13.4. The molecule has 0 atom stereocenters. The number of benzene rings is 1. The maximum atomic E-state index is 11.8. The van der Waals surface area contributed by atoms with Crippen LogP contribution in [0.1, 0.15) is 18.9 Å². The number of amides is 4. The number of carbonyl (C=O) groups excluding carboxylic acids is 3. The number of imide groups is 2. The fourth-order valence-electron chi connectivity index (χ4n) is 1.78. The van der Waals surface area contributed by atoms with Crippen molar-refractivity contribution < 1.29 is 14.4 Å². The molecule has 0 saturated heterocycles. The molecule has 0 radical (unpaired) electrons. The third-order valence-electron chi connectivity index (χ3n) is 2.64. The van der Waals surface area contributed by atoms with Gasteiger partial charge in [0.15, 0.2) is 0 Å². The molecule has 0 spiro atoms. The second-order valence-corrected chi connectivity index (χ2v) is 4.80. The fraction of sp³-hybridized carbons (Fsp3) is 0.250. The first-order valence-corrected chi connectivity index (χ1v) is 6.27. The smallest absolute Gasteiger partial charge is 0.277 e. The molecule has 2 rings (SSSR count).